The number of amides is 1. The Balaban J connectivity index is 1.80. The Morgan fingerprint density at radius 3 is 2.71 bits per heavy atom. The fourth-order valence-electron chi connectivity index (χ4n) is 2.98. The van der Waals surface area contributed by atoms with E-state index in [1.807, 2.05) is 6.07 Å². The number of halogens is 1. The highest BCUT2D eigenvalue weighted by Gasteiger charge is 2.17. The molecular formula is C18H20ClN5O3S. The Kier molecular flexibility index (Phi) is 5.85. The average molecular weight is 422 g/mol. The average Bonchev–Trinajstić information content (AvgIpc) is 3.28. The van der Waals surface area contributed by atoms with E-state index in [-0.39, 0.29) is 18.9 Å². The van der Waals surface area contributed by atoms with Crippen LogP contribution in [-0.4, -0.2) is 36.0 Å². The third-order valence-corrected chi connectivity index (χ3v) is 5.68. The van der Waals surface area contributed by atoms with Gasteiger partial charge in [-0.3, -0.25) is 18.7 Å². The molecule has 3 rings (SSSR count). The van der Waals surface area contributed by atoms with Gasteiger partial charge in [0.2, 0.25) is 5.91 Å². The summed E-state index contributed by atoms with van der Waals surface area (Å²) < 4.78 is 4.64. The number of carbonyl (C=O) groups is 1. The van der Waals surface area contributed by atoms with Gasteiger partial charge in [0.25, 0.3) is 5.56 Å². The number of thiophene rings is 1. The number of carbonyl (C=O) groups excluding carboxylic acids is 1. The zero-order valence-electron chi connectivity index (χ0n) is 15.6. The first kappa shape index (κ1) is 20.1. The van der Waals surface area contributed by atoms with Gasteiger partial charge in [0.15, 0.2) is 11.2 Å². The van der Waals surface area contributed by atoms with Crippen LogP contribution >= 0.6 is 22.9 Å². The van der Waals surface area contributed by atoms with E-state index in [0.29, 0.717) is 28.6 Å². The lowest BCUT2D eigenvalue weighted by Crippen LogP contribution is -2.37. The topological polar surface area (TPSA) is 82.1 Å². The van der Waals surface area contributed by atoms with Crippen molar-refractivity contribution >= 4 is 40.0 Å². The number of imidazole rings is 1. The summed E-state index contributed by atoms with van der Waals surface area (Å²) in [6, 6.07) is 3.69. The molecule has 0 aromatic carbocycles. The van der Waals surface area contributed by atoms with Crippen molar-refractivity contribution < 1.29 is 4.79 Å². The van der Waals surface area contributed by atoms with Crippen molar-refractivity contribution in [1.82, 2.24) is 23.6 Å². The van der Waals surface area contributed by atoms with Crippen molar-refractivity contribution in [3.8, 4) is 0 Å². The molecule has 0 aliphatic heterocycles. The molecule has 1 amide bonds. The fraction of sp³-hybridized carbons (Fsp3) is 0.333. The molecule has 0 N–H and O–H groups in total. The van der Waals surface area contributed by atoms with Crippen LogP contribution in [0.1, 0.15) is 11.3 Å². The van der Waals surface area contributed by atoms with Gasteiger partial charge in [-0.25, -0.2) is 9.78 Å². The van der Waals surface area contributed by atoms with Crippen LogP contribution in [0.25, 0.3) is 11.2 Å². The summed E-state index contributed by atoms with van der Waals surface area (Å²) in [7, 11) is 2.98. The number of hydrogen-bond donors (Lipinski definition) is 0. The quantitative estimate of drug-likeness (QED) is 0.544. The van der Waals surface area contributed by atoms with Crippen LogP contribution in [0.5, 0.6) is 0 Å². The standard InChI is InChI=1S/C18H20ClN5O3S/c1-4-8-23(10-12-5-6-13(19)28-12)14(25)7-9-24-11-20-16-15(24)17(26)22(3)18(27)21(16)2/h4-6,11H,1,7-10H2,2-3H3. The number of rotatable bonds is 7. The SMILES string of the molecule is C=CCN(Cc1ccc(Cl)s1)C(=O)CCn1cnc2c1c(=O)n(C)c(=O)n2C. The summed E-state index contributed by atoms with van der Waals surface area (Å²) in [5.74, 6) is -0.0760. The highest BCUT2D eigenvalue weighted by atomic mass is 35.5. The van der Waals surface area contributed by atoms with Crippen molar-refractivity contribution in [1.29, 1.82) is 0 Å². The molecule has 0 aliphatic rings. The highest BCUT2D eigenvalue weighted by Crippen LogP contribution is 2.23. The van der Waals surface area contributed by atoms with E-state index in [1.54, 1.807) is 28.7 Å². The molecule has 0 spiro atoms. The minimum absolute atomic E-state index is 0.0760. The normalized spacial score (nSPS) is 11.1. The van der Waals surface area contributed by atoms with Gasteiger partial charge in [-0.2, -0.15) is 0 Å². The third-order valence-electron chi connectivity index (χ3n) is 4.46. The second-order valence-electron chi connectivity index (χ2n) is 6.33. The maximum Gasteiger partial charge on any atom is 0.332 e. The van der Waals surface area contributed by atoms with Crippen LogP contribution in [0.15, 0.2) is 40.7 Å². The van der Waals surface area contributed by atoms with Crippen LogP contribution in [0.4, 0.5) is 0 Å². The Bertz CT molecular complexity index is 1160. The van der Waals surface area contributed by atoms with E-state index in [0.717, 1.165) is 9.44 Å². The van der Waals surface area contributed by atoms with Crippen molar-refractivity contribution in [2.45, 2.75) is 19.5 Å². The first-order valence-corrected chi connectivity index (χ1v) is 9.76. The molecule has 0 bridgehead atoms. The fourth-order valence-corrected chi connectivity index (χ4v) is 4.08. The minimum Gasteiger partial charge on any atom is -0.334 e. The van der Waals surface area contributed by atoms with E-state index >= 15 is 0 Å². The third kappa shape index (κ3) is 3.81. The Morgan fingerprint density at radius 1 is 1.32 bits per heavy atom. The van der Waals surface area contributed by atoms with Crippen LogP contribution in [0.3, 0.4) is 0 Å². The summed E-state index contributed by atoms with van der Waals surface area (Å²) in [6.07, 6.45) is 3.34. The zero-order valence-corrected chi connectivity index (χ0v) is 17.2. The molecule has 3 aromatic heterocycles. The Hall–Kier alpha value is -2.65. The molecule has 28 heavy (non-hydrogen) atoms. The van der Waals surface area contributed by atoms with E-state index < -0.39 is 11.2 Å². The van der Waals surface area contributed by atoms with Crippen molar-refractivity contribution in [3.05, 3.63) is 61.2 Å². The number of nitrogens with zero attached hydrogens (tertiary/aromatic N) is 5. The summed E-state index contributed by atoms with van der Waals surface area (Å²) >= 11 is 7.39. The molecule has 3 heterocycles. The Labute approximate surface area is 169 Å². The summed E-state index contributed by atoms with van der Waals surface area (Å²) in [5, 5.41) is 0. The maximum atomic E-state index is 12.7. The van der Waals surface area contributed by atoms with Gasteiger partial charge in [0.1, 0.15) is 0 Å². The van der Waals surface area contributed by atoms with E-state index in [2.05, 4.69) is 11.6 Å². The van der Waals surface area contributed by atoms with Gasteiger partial charge in [-0.1, -0.05) is 17.7 Å². The summed E-state index contributed by atoms with van der Waals surface area (Å²) in [5.41, 5.74) is -0.265. The molecule has 0 unspecified atom stereocenters. The molecule has 0 atom stereocenters. The first-order chi connectivity index (χ1) is 13.3. The number of aryl methyl sites for hydroxylation is 2. The molecule has 0 saturated heterocycles. The largest absolute Gasteiger partial charge is 0.334 e. The van der Waals surface area contributed by atoms with Gasteiger partial charge >= 0.3 is 5.69 Å². The molecular weight excluding hydrogens is 402 g/mol. The van der Waals surface area contributed by atoms with Gasteiger partial charge in [-0.05, 0) is 12.1 Å². The van der Waals surface area contributed by atoms with Crippen molar-refractivity contribution in [2.24, 2.45) is 14.1 Å². The molecule has 3 aromatic rings. The van der Waals surface area contributed by atoms with E-state index in [9.17, 15) is 14.4 Å². The van der Waals surface area contributed by atoms with Crippen LogP contribution < -0.4 is 11.2 Å². The number of aromatic nitrogens is 4. The molecule has 8 nitrogen and oxygen atoms in total. The predicted octanol–water partition coefficient (Wildman–Crippen LogP) is 1.75. The molecule has 0 aliphatic carbocycles. The zero-order chi connectivity index (χ0) is 20.4. The maximum absolute atomic E-state index is 12.7. The second-order valence-corrected chi connectivity index (χ2v) is 8.13. The van der Waals surface area contributed by atoms with E-state index in [4.69, 9.17) is 11.6 Å². The lowest BCUT2D eigenvalue weighted by Gasteiger charge is -2.20. The summed E-state index contributed by atoms with van der Waals surface area (Å²) in [6.45, 7) is 4.85. The number of fused-ring (bicyclic) bond motifs is 1. The van der Waals surface area contributed by atoms with Gasteiger partial charge in [0, 0.05) is 38.5 Å². The molecule has 0 radical (unpaired) electrons. The monoisotopic (exact) mass is 421 g/mol. The lowest BCUT2D eigenvalue weighted by atomic mass is 10.3. The van der Waals surface area contributed by atoms with Crippen LogP contribution in [0, 0.1) is 0 Å². The lowest BCUT2D eigenvalue weighted by molar-refractivity contribution is -0.131. The minimum atomic E-state index is -0.439. The summed E-state index contributed by atoms with van der Waals surface area (Å²) in [4.78, 5) is 44.1. The molecule has 148 valence electrons. The van der Waals surface area contributed by atoms with Gasteiger partial charge in [0.05, 0.1) is 17.2 Å². The van der Waals surface area contributed by atoms with Crippen molar-refractivity contribution in [2.75, 3.05) is 6.54 Å². The van der Waals surface area contributed by atoms with Gasteiger partial charge < -0.3 is 9.47 Å². The number of hydrogen-bond acceptors (Lipinski definition) is 5. The Morgan fingerprint density at radius 2 is 2.07 bits per heavy atom. The van der Waals surface area contributed by atoms with Crippen LogP contribution in [-0.2, 0) is 32.0 Å². The van der Waals surface area contributed by atoms with Crippen molar-refractivity contribution in [3.63, 3.8) is 0 Å². The van der Waals surface area contributed by atoms with E-state index in [1.165, 1.54) is 29.3 Å². The predicted molar refractivity (Wildman–Crippen MR) is 110 cm³/mol. The molecule has 10 heteroatoms. The highest BCUT2D eigenvalue weighted by molar-refractivity contribution is 7.16. The molecule has 0 fully saturated rings. The smallest absolute Gasteiger partial charge is 0.332 e. The first-order valence-electron chi connectivity index (χ1n) is 8.57. The van der Waals surface area contributed by atoms with Gasteiger partial charge in [-0.15, -0.1) is 17.9 Å². The van der Waals surface area contributed by atoms with Crippen LogP contribution in [0.2, 0.25) is 4.34 Å². The molecule has 0 saturated carbocycles. The second kappa shape index (κ2) is 8.15.